The Morgan fingerprint density at radius 2 is 2.03 bits per heavy atom. The van der Waals surface area contributed by atoms with Crippen LogP contribution in [0.1, 0.15) is 23.9 Å². The van der Waals surface area contributed by atoms with E-state index >= 15 is 0 Å². The van der Waals surface area contributed by atoms with Gasteiger partial charge in [0.2, 0.25) is 5.91 Å². The first-order chi connectivity index (χ1) is 14.7. The Bertz CT molecular complexity index is 1180. The van der Waals surface area contributed by atoms with Gasteiger partial charge in [0, 0.05) is 7.05 Å². The molecule has 4 rings (SSSR count). The molecule has 3 heterocycles. The number of benzene rings is 1. The predicted octanol–water partition coefficient (Wildman–Crippen LogP) is 0.418. The molecule has 0 aliphatic carbocycles. The van der Waals surface area contributed by atoms with Crippen LogP contribution in [0.15, 0.2) is 30.6 Å². The van der Waals surface area contributed by atoms with Gasteiger partial charge in [0.25, 0.3) is 5.91 Å². The van der Waals surface area contributed by atoms with Crippen molar-refractivity contribution in [2.75, 3.05) is 11.9 Å². The smallest absolute Gasteiger partial charge is 0.321 e. The van der Waals surface area contributed by atoms with Crippen molar-refractivity contribution in [2.24, 2.45) is 7.05 Å². The first kappa shape index (κ1) is 20.2. The van der Waals surface area contributed by atoms with E-state index in [2.05, 4.69) is 31.3 Å². The standard InChI is InChI=1S/C19H21N9O3/c1-11-16(12(2)26(4)23-11)21-15(29)9-27-17(30)19(3,22-18(27)31)13-6-5-7-14(8-13)28-10-20-24-25-28/h5-8,10H,9H2,1-4H3,(H,21,29)(H,22,31)/t19-/m0/s1. The third-order valence-corrected chi connectivity index (χ3v) is 5.39. The second-order valence-corrected chi connectivity index (χ2v) is 7.47. The second-order valence-electron chi connectivity index (χ2n) is 7.47. The van der Waals surface area contributed by atoms with E-state index in [1.165, 1.54) is 11.0 Å². The summed E-state index contributed by atoms with van der Waals surface area (Å²) in [4.78, 5) is 39.2. The van der Waals surface area contributed by atoms with E-state index < -0.39 is 29.9 Å². The first-order valence-corrected chi connectivity index (χ1v) is 9.49. The van der Waals surface area contributed by atoms with Crippen molar-refractivity contribution in [3.05, 3.63) is 47.5 Å². The Morgan fingerprint density at radius 1 is 1.26 bits per heavy atom. The number of rotatable bonds is 5. The molecular formula is C19H21N9O3. The van der Waals surface area contributed by atoms with Gasteiger partial charge in [-0.2, -0.15) is 5.10 Å². The summed E-state index contributed by atoms with van der Waals surface area (Å²) >= 11 is 0. The number of tetrazole rings is 1. The van der Waals surface area contributed by atoms with Crippen molar-refractivity contribution >= 4 is 23.5 Å². The fourth-order valence-corrected chi connectivity index (χ4v) is 3.55. The zero-order valence-electron chi connectivity index (χ0n) is 17.4. The minimum Gasteiger partial charge on any atom is -0.321 e. The van der Waals surface area contributed by atoms with E-state index in [-0.39, 0.29) is 0 Å². The fourth-order valence-electron chi connectivity index (χ4n) is 3.55. The van der Waals surface area contributed by atoms with Gasteiger partial charge >= 0.3 is 6.03 Å². The SMILES string of the molecule is Cc1nn(C)c(C)c1NC(=O)CN1C(=O)N[C@@](C)(c2cccc(-n3cnnn3)c2)C1=O. The van der Waals surface area contributed by atoms with Gasteiger partial charge in [0.05, 0.1) is 22.8 Å². The normalized spacial score (nSPS) is 18.4. The molecule has 12 nitrogen and oxygen atoms in total. The van der Waals surface area contributed by atoms with Gasteiger partial charge in [-0.1, -0.05) is 12.1 Å². The lowest BCUT2D eigenvalue weighted by atomic mass is 9.91. The maximum absolute atomic E-state index is 13.2. The summed E-state index contributed by atoms with van der Waals surface area (Å²) in [6.45, 7) is 4.77. The molecule has 3 aromatic rings. The highest BCUT2D eigenvalue weighted by Crippen LogP contribution is 2.30. The van der Waals surface area contributed by atoms with Crippen molar-refractivity contribution in [2.45, 2.75) is 26.3 Å². The van der Waals surface area contributed by atoms with E-state index in [0.29, 0.717) is 22.6 Å². The van der Waals surface area contributed by atoms with Crippen LogP contribution >= 0.6 is 0 Å². The number of aromatic nitrogens is 6. The van der Waals surface area contributed by atoms with Crippen molar-refractivity contribution in [1.82, 2.24) is 40.2 Å². The molecule has 0 spiro atoms. The number of nitrogens with one attached hydrogen (secondary N) is 2. The van der Waals surface area contributed by atoms with Crippen molar-refractivity contribution in [3.63, 3.8) is 0 Å². The molecule has 12 heteroatoms. The molecule has 2 N–H and O–H groups in total. The first-order valence-electron chi connectivity index (χ1n) is 9.49. The zero-order chi connectivity index (χ0) is 22.3. The molecule has 1 aromatic carbocycles. The number of aryl methyl sites for hydroxylation is 2. The number of imide groups is 1. The van der Waals surface area contributed by atoms with Gasteiger partial charge in [-0.15, -0.1) is 5.10 Å². The number of carbonyl (C=O) groups is 3. The van der Waals surface area contributed by atoms with Crippen molar-refractivity contribution in [1.29, 1.82) is 0 Å². The summed E-state index contributed by atoms with van der Waals surface area (Å²) in [6, 6.07) is 6.29. The topological polar surface area (TPSA) is 140 Å². The summed E-state index contributed by atoms with van der Waals surface area (Å²) in [5, 5.41) is 20.7. The zero-order valence-corrected chi connectivity index (χ0v) is 17.4. The van der Waals surface area contributed by atoms with E-state index in [4.69, 9.17) is 0 Å². The van der Waals surface area contributed by atoms with E-state index in [1.807, 2.05) is 6.92 Å². The Labute approximate surface area is 177 Å². The number of carbonyl (C=O) groups excluding carboxylic acids is 3. The molecule has 1 fully saturated rings. The van der Waals surface area contributed by atoms with Gasteiger partial charge in [-0.05, 0) is 48.9 Å². The fraction of sp³-hybridized carbons (Fsp3) is 0.316. The van der Waals surface area contributed by atoms with Crippen LogP contribution in [0.25, 0.3) is 5.69 Å². The molecule has 4 amide bonds. The van der Waals surface area contributed by atoms with Crippen molar-refractivity contribution in [3.8, 4) is 5.69 Å². The molecule has 0 saturated carbocycles. The van der Waals surface area contributed by atoms with E-state index in [9.17, 15) is 14.4 Å². The number of amides is 4. The number of anilines is 1. The number of nitrogens with zero attached hydrogens (tertiary/aromatic N) is 7. The molecule has 31 heavy (non-hydrogen) atoms. The summed E-state index contributed by atoms with van der Waals surface area (Å²) in [7, 11) is 1.77. The highest BCUT2D eigenvalue weighted by atomic mass is 16.2. The third-order valence-electron chi connectivity index (χ3n) is 5.39. The minimum atomic E-state index is -1.33. The molecular weight excluding hydrogens is 402 g/mol. The lowest BCUT2D eigenvalue weighted by Gasteiger charge is -2.22. The molecule has 1 atom stereocenters. The van der Waals surface area contributed by atoms with Crippen LogP contribution in [-0.2, 0) is 22.2 Å². The van der Waals surface area contributed by atoms with Gasteiger partial charge in [0.15, 0.2) is 0 Å². The molecule has 0 unspecified atom stereocenters. The predicted molar refractivity (Wildman–Crippen MR) is 108 cm³/mol. The monoisotopic (exact) mass is 423 g/mol. The third kappa shape index (κ3) is 3.41. The molecule has 1 aliphatic heterocycles. The molecule has 1 saturated heterocycles. The maximum Gasteiger partial charge on any atom is 0.325 e. The van der Waals surface area contributed by atoms with Crippen LogP contribution in [-0.4, -0.2) is 59.3 Å². The molecule has 2 aromatic heterocycles. The Balaban J connectivity index is 1.55. The summed E-state index contributed by atoms with van der Waals surface area (Å²) in [6.07, 6.45) is 1.43. The summed E-state index contributed by atoms with van der Waals surface area (Å²) < 4.78 is 3.09. The quantitative estimate of drug-likeness (QED) is 0.567. The largest absolute Gasteiger partial charge is 0.325 e. The number of hydrogen-bond donors (Lipinski definition) is 2. The Morgan fingerprint density at radius 3 is 2.68 bits per heavy atom. The van der Waals surface area contributed by atoms with Crippen LogP contribution in [0, 0.1) is 13.8 Å². The highest BCUT2D eigenvalue weighted by Gasteiger charge is 2.49. The van der Waals surface area contributed by atoms with Gasteiger partial charge < -0.3 is 10.6 Å². The molecule has 160 valence electrons. The highest BCUT2D eigenvalue weighted by molar-refractivity contribution is 6.10. The Hall–Kier alpha value is -4.09. The van der Waals surface area contributed by atoms with Crippen LogP contribution < -0.4 is 10.6 Å². The average Bonchev–Trinajstić information content (AvgIpc) is 3.41. The second kappa shape index (κ2) is 7.31. The molecule has 0 bridgehead atoms. The summed E-state index contributed by atoms with van der Waals surface area (Å²) in [5.41, 5.74) is 1.82. The maximum atomic E-state index is 13.2. The van der Waals surface area contributed by atoms with Gasteiger partial charge in [-0.3, -0.25) is 19.2 Å². The van der Waals surface area contributed by atoms with Gasteiger partial charge in [0.1, 0.15) is 18.4 Å². The van der Waals surface area contributed by atoms with Crippen molar-refractivity contribution < 1.29 is 14.4 Å². The lowest BCUT2D eigenvalue weighted by Crippen LogP contribution is -2.42. The Kier molecular flexibility index (Phi) is 4.76. The molecule has 0 radical (unpaired) electrons. The van der Waals surface area contributed by atoms with Crippen LogP contribution in [0.2, 0.25) is 0 Å². The number of urea groups is 1. The summed E-state index contributed by atoms with van der Waals surface area (Å²) in [5.74, 6) is -1.02. The van der Waals surface area contributed by atoms with E-state index in [1.54, 1.807) is 49.8 Å². The van der Waals surface area contributed by atoms with Crippen LogP contribution in [0.3, 0.4) is 0 Å². The van der Waals surface area contributed by atoms with Crippen LogP contribution in [0.5, 0.6) is 0 Å². The van der Waals surface area contributed by atoms with E-state index in [0.717, 1.165) is 10.6 Å². The minimum absolute atomic E-state index is 0.416. The van der Waals surface area contributed by atoms with Gasteiger partial charge in [-0.25, -0.2) is 9.48 Å². The van der Waals surface area contributed by atoms with Crippen LogP contribution in [0.4, 0.5) is 10.5 Å². The lowest BCUT2D eigenvalue weighted by molar-refractivity contribution is -0.133. The molecule has 1 aliphatic rings. The number of hydrogen-bond acceptors (Lipinski definition) is 7. The average molecular weight is 423 g/mol.